The molecular formula is C18H20N2O3. The number of aromatic nitrogens is 1. The lowest BCUT2D eigenvalue weighted by atomic mass is 9.98. The monoisotopic (exact) mass is 312 g/mol. The lowest BCUT2D eigenvalue weighted by Gasteiger charge is -2.36. The minimum absolute atomic E-state index is 0.0634. The molecule has 1 unspecified atom stereocenters. The molecule has 23 heavy (non-hydrogen) atoms. The van der Waals surface area contributed by atoms with Gasteiger partial charge in [-0.05, 0) is 17.9 Å². The molecule has 1 aromatic heterocycles. The number of amides is 1. The van der Waals surface area contributed by atoms with E-state index in [1.807, 2.05) is 44.2 Å². The van der Waals surface area contributed by atoms with Crippen LogP contribution in [0.2, 0.25) is 0 Å². The number of hydrogen-bond acceptors (Lipinski definition) is 3. The molecule has 2 heterocycles. The fourth-order valence-electron chi connectivity index (χ4n) is 3.02. The van der Waals surface area contributed by atoms with Crippen LogP contribution < -0.4 is 0 Å². The van der Waals surface area contributed by atoms with Crippen molar-refractivity contribution in [2.75, 3.05) is 0 Å². The summed E-state index contributed by atoms with van der Waals surface area (Å²) in [5, 5.41) is 9.66. The highest BCUT2D eigenvalue weighted by atomic mass is 16.3. The smallest absolute Gasteiger partial charge is 0.272 e. The molecule has 0 bridgehead atoms. The molecule has 0 fully saturated rings. The quantitative estimate of drug-likeness (QED) is 0.944. The molecule has 1 aliphatic rings. The zero-order valence-electron chi connectivity index (χ0n) is 13.3. The van der Waals surface area contributed by atoms with Gasteiger partial charge in [-0.2, -0.15) is 0 Å². The highest BCUT2D eigenvalue weighted by Crippen LogP contribution is 2.27. The summed E-state index contributed by atoms with van der Waals surface area (Å²) in [5.41, 5.74) is 1.20. The van der Waals surface area contributed by atoms with E-state index in [2.05, 4.69) is 0 Å². The molecule has 1 N–H and O–H groups in total. The first-order valence-corrected chi connectivity index (χ1v) is 7.78. The Morgan fingerprint density at radius 3 is 2.52 bits per heavy atom. The predicted octanol–water partition coefficient (Wildman–Crippen LogP) is 2.90. The van der Waals surface area contributed by atoms with E-state index in [0.717, 1.165) is 5.56 Å². The van der Waals surface area contributed by atoms with Gasteiger partial charge in [-0.15, -0.1) is 0 Å². The van der Waals surface area contributed by atoms with Crippen LogP contribution in [0.5, 0.6) is 5.75 Å². The van der Waals surface area contributed by atoms with Crippen LogP contribution in [0.1, 0.15) is 41.1 Å². The zero-order valence-corrected chi connectivity index (χ0v) is 13.3. The molecule has 1 atom stereocenters. The van der Waals surface area contributed by atoms with Gasteiger partial charge >= 0.3 is 0 Å². The second-order valence-electron chi connectivity index (χ2n) is 6.36. The molecule has 0 saturated heterocycles. The van der Waals surface area contributed by atoms with E-state index in [1.165, 1.54) is 16.8 Å². The maximum atomic E-state index is 12.8. The van der Waals surface area contributed by atoms with Crippen LogP contribution >= 0.6 is 0 Å². The summed E-state index contributed by atoms with van der Waals surface area (Å²) in [6.07, 6.45) is 1.92. The Hall–Kier alpha value is -2.56. The summed E-state index contributed by atoms with van der Waals surface area (Å²) >= 11 is 0. The zero-order chi connectivity index (χ0) is 16.6. The van der Waals surface area contributed by atoms with Crippen LogP contribution in [0, 0.1) is 5.92 Å². The summed E-state index contributed by atoms with van der Waals surface area (Å²) < 4.78 is 1.28. The third-order valence-electron chi connectivity index (χ3n) is 4.07. The molecule has 1 amide bonds. The maximum absolute atomic E-state index is 12.8. The van der Waals surface area contributed by atoms with Gasteiger partial charge in [-0.25, -0.2) is 0 Å². The Morgan fingerprint density at radius 1 is 1.17 bits per heavy atom. The summed E-state index contributed by atoms with van der Waals surface area (Å²) in [4.78, 5) is 27.2. The lowest BCUT2D eigenvalue weighted by Crippen LogP contribution is -2.52. The van der Waals surface area contributed by atoms with Gasteiger partial charge in [0.15, 0.2) is 0 Å². The topological polar surface area (TPSA) is 62.5 Å². The average Bonchev–Trinajstić information content (AvgIpc) is 2.91. The number of carbonyl (C=O) groups excluding carboxylic acids is 2. The van der Waals surface area contributed by atoms with Gasteiger partial charge in [0.1, 0.15) is 17.5 Å². The van der Waals surface area contributed by atoms with Gasteiger partial charge < -0.3 is 10.0 Å². The number of fused-ring (bicyclic) bond motifs is 1. The minimum Gasteiger partial charge on any atom is -0.506 e. The number of nitrogens with zero attached hydrogens (tertiary/aromatic N) is 2. The molecule has 120 valence electrons. The van der Waals surface area contributed by atoms with Crippen molar-refractivity contribution in [3.05, 3.63) is 53.9 Å². The van der Waals surface area contributed by atoms with Crippen molar-refractivity contribution in [3.8, 4) is 5.75 Å². The third-order valence-corrected chi connectivity index (χ3v) is 4.07. The molecule has 2 aromatic rings. The van der Waals surface area contributed by atoms with Gasteiger partial charge in [-0.1, -0.05) is 44.2 Å². The van der Waals surface area contributed by atoms with Crippen molar-refractivity contribution < 1.29 is 14.7 Å². The molecule has 0 spiro atoms. The first kappa shape index (κ1) is 15.3. The van der Waals surface area contributed by atoms with Crippen molar-refractivity contribution in [2.24, 2.45) is 5.92 Å². The van der Waals surface area contributed by atoms with Gasteiger partial charge in [0.25, 0.3) is 11.8 Å². The molecule has 3 rings (SSSR count). The van der Waals surface area contributed by atoms with Crippen LogP contribution in [0.3, 0.4) is 0 Å². The Morgan fingerprint density at radius 2 is 1.87 bits per heavy atom. The molecule has 1 aromatic carbocycles. The summed E-state index contributed by atoms with van der Waals surface area (Å²) in [5.74, 6) is -0.170. The van der Waals surface area contributed by atoms with Crippen LogP contribution in [0.15, 0.2) is 42.6 Å². The average molecular weight is 312 g/mol. The number of benzene rings is 1. The van der Waals surface area contributed by atoms with E-state index in [0.29, 0.717) is 13.0 Å². The number of aromatic hydroxyl groups is 1. The van der Waals surface area contributed by atoms with E-state index in [9.17, 15) is 14.7 Å². The SMILES string of the molecule is CC(C)CC1C(=O)n2cc(O)cc2C(=O)N1Cc1ccccc1. The second-order valence-corrected chi connectivity index (χ2v) is 6.36. The maximum Gasteiger partial charge on any atom is 0.272 e. The number of carbonyl (C=O) groups is 2. The molecule has 1 aliphatic heterocycles. The minimum atomic E-state index is -0.512. The highest BCUT2D eigenvalue weighted by Gasteiger charge is 2.39. The largest absolute Gasteiger partial charge is 0.506 e. The predicted molar refractivity (Wildman–Crippen MR) is 86.3 cm³/mol. The second kappa shape index (κ2) is 5.91. The van der Waals surface area contributed by atoms with Crippen LogP contribution in [-0.4, -0.2) is 32.4 Å². The first-order chi connectivity index (χ1) is 11.0. The fraction of sp³-hybridized carbons (Fsp3) is 0.333. The van der Waals surface area contributed by atoms with Crippen molar-refractivity contribution in [1.82, 2.24) is 9.47 Å². The number of hydrogen-bond donors (Lipinski definition) is 1. The van der Waals surface area contributed by atoms with E-state index < -0.39 is 6.04 Å². The lowest BCUT2D eigenvalue weighted by molar-refractivity contribution is 0.0460. The molecule has 0 radical (unpaired) electrons. The van der Waals surface area contributed by atoms with Crippen LogP contribution in [0.25, 0.3) is 0 Å². The summed E-state index contributed by atoms with van der Waals surface area (Å²) in [7, 11) is 0. The van der Waals surface area contributed by atoms with E-state index in [-0.39, 0.29) is 29.2 Å². The first-order valence-electron chi connectivity index (χ1n) is 7.78. The Balaban J connectivity index is 2.00. The Bertz CT molecular complexity index is 734. The van der Waals surface area contributed by atoms with Crippen molar-refractivity contribution in [2.45, 2.75) is 32.9 Å². The molecule has 5 nitrogen and oxygen atoms in total. The molecule has 0 aliphatic carbocycles. The summed E-state index contributed by atoms with van der Waals surface area (Å²) in [6.45, 7) is 4.44. The van der Waals surface area contributed by atoms with Crippen LogP contribution in [-0.2, 0) is 6.54 Å². The third kappa shape index (κ3) is 2.86. The van der Waals surface area contributed by atoms with Gasteiger partial charge in [0.05, 0.1) is 6.20 Å². The van der Waals surface area contributed by atoms with Crippen molar-refractivity contribution >= 4 is 11.8 Å². The standard InChI is InChI=1S/C18H20N2O3/c1-12(2)8-15-17(22)20-11-14(21)9-16(20)18(23)19(15)10-13-6-4-3-5-7-13/h3-7,9,11-12,15,21H,8,10H2,1-2H3. The Labute approximate surface area is 135 Å². The normalized spacial score (nSPS) is 17.7. The van der Waals surface area contributed by atoms with E-state index >= 15 is 0 Å². The Kier molecular flexibility index (Phi) is 3.94. The van der Waals surface area contributed by atoms with Gasteiger partial charge in [0.2, 0.25) is 0 Å². The highest BCUT2D eigenvalue weighted by molar-refractivity contribution is 6.04. The molecular weight excluding hydrogens is 292 g/mol. The molecule has 5 heteroatoms. The van der Waals surface area contributed by atoms with Gasteiger partial charge in [0, 0.05) is 12.6 Å². The van der Waals surface area contributed by atoms with Crippen LogP contribution in [0.4, 0.5) is 0 Å². The number of rotatable bonds is 4. The van der Waals surface area contributed by atoms with E-state index in [4.69, 9.17) is 0 Å². The summed E-state index contributed by atoms with van der Waals surface area (Å²) in [6, 6.07) is 10.5. The van der Waals surface area contributed by atoms with Crippen molar-refractivity contribution in [3.63, 3.8) is 0 Å². The van der Waals surface area contributed by atoms with Gasteiger partial charge in [-0.3, -0.25) is 14.2 Å². The fourth-order valence-corrected chi connectivity index (χ4v) is 3.02. The van der Waals surface area contributed by atoms with Crippen molar-refractivity contribution in [1.29, 1.82) is 0 Å². The molecule has 0 saturated carbocycles. The van der Waals surface area contributed by atoms with E-state index in [1.54, 1.807) is 4.90 Å².